The number of carbonyl (C=O) groups excluding carboxylic acids is 3. The largest absolute Gasteiger partial charge is 0.466 e. The minimum absolute atomic E-state index is 0.122. The number of ether oxygens (including phenoxy) is 1. The van der Waals surface area contributed by atoms with Crippen LogP contribution >= 0.6 is 34.8 Å². The zero-order valence-corrected chi connectivity index (χ0v) is 18.8. The fourth-order valence-corrected chi connectivity index (χ4v) is 3.51. The summed E-state index contributed by atoms with van der Waals surface area (Å²) in [7, 11) is 0. The smallest absolute Gasteiger partial charge is 0.308 e. The summed E-state index contributed by atoms with van der Waals surface area (Å²) in [4.78, 5) is 38.4. The molecule has 1 saturated heterocycles. The van der Waals surface area contributed by atoms with Gasteiger partial charge in [0.1, 0.15) is 6.04 Å². The van der Waals surface area contributed by atoms with Gasteiger partial charge in [-0.25, -0.2) is 0 Å². The van der Waals surface area contributed by atoms with Crippen molar-refractivity contribution in [3.63, 3.8) is 0 Å². The van der Waals surface area contributed by atoms with Gasteiger partial charge in [0.15, 0.2) is 5.11 Å². The Morgan fingerprint density at radius 2 is 2.18 bits per heavy atom. The number of benzene rings is 1. The van der Waals surface area contributed by atoms with E-state index in [1.807, 2.05) is 19.9 Å². The summed E-state index contributed by atoms with van der Waals surface area (Å²) in [6.07, 6.45) is 0.639. The average Bonchev–Trinajstić information content (AvgIpc) is 2.63. The van der Waals surface area contributed by atoms with Gasteiger partial charge in [-0.2, -0.15) is 0 Å². The van der Waals surface area contributed by atoms with E-state index in [-0.39, 0.29) is 23.3 Å². The molecule has 2 amide bonds. The van der Waals surface area contributed by atoms with E-state index in [0.717, 1.165) is 9.99 Å². The lowest BCUT2D eigenvalue weighted by molar-refractivity contribution is -0.147. The van der Waals surface area contributed by atoms with Crippen LogP contribution in [0.3, 0.4) is 0 Å². The summed E-state index contributed by atoms with van der Waals surface area (Å²) in [5.41, 5.74) is 0.473. The first-order valence-electron chi connectivity index (χ1n) is 9.08. The van der Waals surface area contributed by atoms with Gasteiger partial charge in [-0.3, -0.25) is 19.7 Å². The van der Waals surface area contributed by atoms with E-state index in [1.165, 1.54) is 0 Å². The molecule has 0 radical (unpaired) electrons. The number of hydrogen-bond donors (Lipinski definition) is 2. The molecule has 1 aromatic carbocycles. The molecule has 1 unspecified atom stereocenters. The first-order valence-corrected chi connectivity index (χ1v) is 10.6. The molecule has 0 aromatic heterocycles. The highest BCUT2D eigenvalue weighted by molar-refractivity contribution is 14.1. The molecule has 0 spiro atoms. The van der Waals surface area contributed by atoms with Crippen LogP contribution in [0.15, 0.2) is 24.3 Å². The Morgan fingerprint density at radius 3 is 2.86 bits per heavy atom. The van der Waals surface area contributed by atoms with Crippen molar-refractivity contribution in [2.75, 3.05) is 19.7 Å². The Kier molecular flexibility index (Phi) is 8.61. The van der Waals surface area contributed by atoms with Crippen molar-refractivity contribution in [3.05, 3.63) is 33.4 Å². The van der Waals surface area contributed by atoms with Gasteiger partial charge < -0.3 is 15.0 Å². The molecule has 1 aromatic rings. The Labute approximate surface area is 183 Å². The molecule has 1 heterocycles. The van der Waals surface area contributed by atoms with Crippen LogP contribution < -0.4 is 10.6 Å². The molecule has 1 atom stereocenters. The van der Waals surface area contributed by atoms with Crippen molar-refractivity contribution in [1.29, 1.82) is 0 Å². The second-order valence-corrected chi connectivity index (χ2v) is 8.51. The Morgan fingerprint density at radius 1 is 1.43 bits per heavy atom. The molecular formula is C19H24IN3O4S. The van der Waals surface area contributed by atoms with Gasteiger partial charge >= 0.3 is 5.97 Å². The van der Waals surface area contributed by atoms with Crippen LogP contribution in [0.4, 0.5) is 0 Å². The number of hydrogen-bond acceptors (Lipinski definition) is 5. The lowest BCUT2D eigenvalue weighted by Gasteiger charge is -2.36. The molecule has 1 fully saturated rings. The van der Waals surface area contributed by atoms with E-state index in [4.69, 9.17) is 17.0 Å². The van der Waals surface area contributed by atoms with Gasteiger partial charge in [0.25, 0.3) is 5.91 Å². The lowest BCUT2D eigenvalue weighted by atomic mass is 10.1. The maximum absolute atomic E-state index is 12.4. The topological polar surface area (TPSA) is 87.7 Å². The number of piperazine rings is 1. The van der Waals surface area contributed by atoms with Crippen LogP contribution in [0.1, 0.15) is 37.0 Å². The van der Waals surface area contributed by atoms with Crippen molar-refractivity contribution in [3.8, 4) is 0 Å². The van der Waals surface area contributed by atoms with Crippen molar-refractivity contribution in [2.24, 2.45) is 5.92 Å². The molecular weight excluding hydrogens is 493 g/mol. The third-order valence-corrected chi connectivity index (χ3v) is 5.22. The fourth-order valence-electron chi connectivity index (χ4n) is 2.66. The molecule has 0 aliphatic carbocycles. The zero-order valence-electron chi connectivity index (χ0n) is 15.9. The first-order chi connectivity index (χ1) is 13.3. The van der Waals surface area contributed by atoms with Crippen LogP contribution in [-0.4, -0.2) is 53.5 Å². The summed E-state index contributed by atoms with van der Waals surface area (Å²) in [6, 6.07) is 6.29. The Bertz CT molecular complexity index is 756. The predicted octanol–water partition coefficient (Wildman–Crippen LogP) is 2.09. The second-order valence-electron chi connectivity index (χ2n) is 6.88. The summed E-state index contributed by atoms with van der Waals surface area (Å²) in [5.74, 6) is -0.698. The number of carbonyl (C=O) groups is 3. The lowest BCUT2D eigenvalue weighted by Crippen LogP contribution is -2.60. The number of nitrogens with zero attached hydrogens (tertiary/aromatic N) is 1. The highest BCUT2D eigenvalue weighted by atomic mass is 127. The molecule has 1 aliphatic rings. The van der Waals surface area contributed by atoms with Crippen LogP contribution in [0.2, 0.25) is 0 Å². The molecule has 152 valence electrons. The van der Waals surface area contributed by atoms with E-state index >= 15 is 0 Å². The molecule has 7 nitrogen and oxygen atoms in total. The highest BCUT2D eigenvalue weighted by Gasteiger charge is 2.34. The standard InChI is InChI=1S/C19H24IN3O4S/c1-12(2)6-9-27-16(24)11-15-18(26)21-7-8-23(15)19(28)22-17(25)13-4-3-5-14(20)10-13/h3-5,10,12,15H,6-9,11H2,1-2H3,(H,21,26)(H,22,25,28). The fraction of sp³-hybridized carbons (Fsp3) is 0.474. The van der Waals surface area contributed by atoms with Gasteiger partial charge in [0.05, 0.1) is 13.0 Å². The average molecular weight is 517 g/mol. The van der Waals surface area contributed by atoms with E-state index in [1.54, 1.807) is 23.1 Å². The van der Waals surface area contributed by atoms with E-state index in [0.29, 0.717) is 31.2 Å². The molecule has 2 rings (SSSR count). The number of rotatable bonds is 6. The number of nitrogens with one attached hydrogen (secondary N) is 2. The number of amides is 2. The van der Waals surface area contributed by atoms with Crippen LogP contribution in [0.25, 0.3) is 0 Å². The normalized spacial score (nSPS) is 16.5. The summed E-state index contributed by atoms with van der Waals surface area (Å²) in [5, 5.41) is 5.51. The van der Waals surface area contributed by atoms with Crippen molar-refractivity contribution in [1.82, 2.24) is 15.5 Å². The highest BCUT2D eigenvalue weighted by Crippen LogP contribution is 2.12. The van der Waals surface area contributed by atoms with Gasteiger partial charge in [-0.1, -0.05) is 19.9 Å². The number of halogens is 1. The molecule has 9 heteroatoms. The minimum Gasteiger partial charge on any atom is -0.466 e. The summed E-state index contributed by atoms with van der Waals surface area (Å²) >= 11 is 7.47. The maximum atomic E-state index is 12.4. The van der Waals surface area contributed by atoms with E-state index in [2.05, 4.69) is 33.2 Å². The van der Waals surface area contributed by atoms with Gasteiger partial charge in [0, 0.05) is 22.2 Å². The van der Waals surface area contributed by atoms with Crippen LogP contribution in [0, 0.1) is 9.49 Å². The molecule has 0 saturated carbocycles. The third kappa shape index (κ3) is 6.69. The number of esters is 1. The van der Waals surface area contributed by atoms with Crippen molar-refractivity contribution < 1.29 is 19.1 Å². The minimum atomic E-state index is -0.802. The van der Waals surface area contributed by atoms with Crippen LogP contribution in [0.5, 0.6) is 0 Å². The third-order valence-electron chi connectivity index (χ3n) is 4.22. The van der Waals surface area contributed by atoms with Crippen molar-refractivity contribution in [2.45, 2.75) is 32.7 Å². The number of thiocarbonyl (C=S) groups is 1. The Hall–Kier alpha value is -1.75. The summed E-state index contributed by atoms with van der Waals surface area (Å²) < 4.78 is 6.14. The van der Waals surface area contributed by atoms with Crippen LogP contribution in [-0.2, 0) is 14.3 Å². The molecule has 28 heavy (non-hydrogen) atoms. The van der Waals surface area contributed by atoms with Gasteiger partial charge in [-0.15, -0.1) is 0 Å². The predicted molar refractivity (Wildman–Crippen MR) is 118 cm³/mol. The van der Waals surface area contributed by atoms with E-state index in [9.17, 15) is 14.4 Å². The van der Waals surface area contributed by atoms with Crippen molar-refractivity contribution >= 4 is 57.7 Å². The Balaban J connectivity index is 1.99. The quantitative estimate of drug-likeness (QED) is 0.342. The summed E-state index contributed by atoms with van der Waals surface area (Å²) in [6.45, 7) is 5.19. The SMILES string of the molecule is CC(C)CCOC(=O)CC1C(=O)NCCN1C(=S)NC(=O)c1cccc(I)c1. The monoisotopic (exact) mass is 517 g/mol. The van der Waals surface area contributed by atoms with E-state index < -0.39 is 12.0 Å². The molecule has 1 aliphatic heterocycles. The van der Waals surface area contributed by atoms with Gasteiger partial charge in [0.2, 0.25) is 5.91 Å². The molecule has 2 N–H and O–H groups in total. The second kappa shape index (κ2) is 10.7. The first kappa shape index (κ1) is 22.5. The maximum Gasteiger partial charge on any atom is 0.308 e. The molecule has 0 bridgehead atoms. The zero-order chi connectivity index (χ0) is 20.7. The van der Waals surface area contributed by atoms with Gasteiger partial charge in [-0.05, 0) is 65.3 Å².